The van der Waals surface area contributed by atoms with Crippen LogP contribution in [0.15, 0.2) is 48.6 Å². The maximum Gasteiger partial charge on any atom is 0.141 e. The number of fused-ring (bicyclic) bond motifs is 2. The first-order chi connectivity index (χ1) is 17.6. The first kappa shape index (κ1) is 22.5. The van der Waals surface area contributed by atoms with Crippen LogP contribution in [0.25, 0.3) is 11.1 Å². The van der Waals surface area contributed by atoms with Gasteiger partial charge < -0.3 is 9.64 Å². The van der Waals surface area contributed by atoms with E-state index in [1.807, 2.05) is 12.1 Å². The van der Waals surface area contributed by atoms with E-state index in [1.165, 1.54) is 43.5 Å². The van der Waals surface area contributed by atoms with E-state index in [9.17, 15) is 9.65 Å². The van der Waals surface area contributed by atoms with E-state index in [2.05, 4.69) is 40.2 Å². The molecule has 4 fully saturated rings. The highest BCUT2D eigenvalue weighted by atomic mass is 19.1. The van der Waals surface area contributed by atoms with Crippen LogP contribution in [0.4, 0.5) is 10.1 Å². The Morgan fingerprint density at radius 3 is 2.64 bits per heavy atom. The molecule has 2 aromatic carbocycles. The van der Waals surface area contributed by atoms with E-state index in [-0.39, 0.29) is 5.56 Å². The van der Waals surface area contributed by atoms with Crippen LogP contribution in [-0.4, -0.2) is 43.8 Å². The molecule has 5 heteroatoms. The van der Waals surface area contributed by atoms with Crippen LogP contribution in [0, 0.1) is 33.9 Å². The Bertz CT molecular complexity index is 1240. The third-order valence-electron chi connectivity index (χ3n) is 9.94. The van der Waals surface area contributed by atoms with E-state index in [0.29, 0.717) is 16.9 Å². The van der Waals surface area contributed by atoms with Crippen molar-refractivity contribution in [1.29, 1.82) is 5.26 Å². The molecule has 186 valence electrons. The Kier molecular flexibility index (Phi) is 5.27. The SMILES string of the molecule is N#Cc1ccc(-c2cc(CN3C[C@]4(C5C=C5)CC[C@H]3C4)ccc2N2CCC3(CCOC3)CC2)cc1F. The van der Waals surface area contributed by atoms with Crippen LogP contribution in [0.1, 0.15) is 49.7 Å². The fourth-order valence-corrected chi connectivity index (χ4v) is 7.64. The minimum absolute atomic E-state index is 0.102. The van der Waals surface area contributed by atoms with Gasteiger partial charge in [-0.2, -0.15) is 5.26 Å². The zero-order valence-electron chi connectivity index (χ0n) is 20.9. The van der Waals surface area contributed by atoms with E-state index in [4.69, 9.17) is 4.74 Å². The zero-order chi connectivity index (χ0) is 24.3. The normalized spacial score (nSPS) is 28.8. The van der Waals surface area contributed by atoms with Gasteiger partial charge in [0.2, 0.25) is 0 Å². The summed E-state index contributed by atoms with van der Waals surface area (Å²) in [6.07, 6.45) is 12.2. The summed E-state index contributed by atoms with van der Waals surface area (Å²) in [7, 11) is 0. The number of ether oxygens (including phenoxy) is 1. The van der Waals surface area contributed by atoms with Crippen LogP contribution in [0.2, 0.25) is 0 Å². The molecular weight excluding hydrogens is 449 g/mol. The molecule has 3 saturated heterocycles. The number of benzene rings is 2. The lowest BCUT2D eigenvalue weighted by molar-refractivity contribution is 0.134. The topological polar surface area (TPSA) is 39.5 Å². The van der Waals surface area contributed by atoms with Gasteiger partial charge in [-0.05, 0) is 84.7 Å². The van der Waals surface area contributed by atoms with Crippen molar-refractivity contribution >= 4 is 5.69 Å². The number of hydrogen-bond acceptors (Lipinski definition) is 4. The van der Waals surface area contributed by atoms with Gasteiger partial charge in [0.05, 0.1) is 12.2 Å². The van der Waals surface area contributed by atoms with Gasteiger partial charge in [-0.15, -0.1) is 0 Å². The summed E-state index contributed by atoms with van der Waals surface area (Å²) >= 11 is 0. The van der Waals surface area contributed by atoms with Crippen LogP contribution in [-0.2, 0) is 11.3 Å². The number of anilines is 1. The molecule has 2 aromatic rings. The molecule has 5 aliphatic rings. The smallest absolute Gasteiger partial charge is 0.141 e. The number of hydrogen-bond donors (Lipinski definition) is 0. The second-order valence-electron chi connectivity index (χ2n) is 12.0. The standard InChI is InChI=1S/C31H34FN3O/c32-28-16-23(2-3-24(28)18-33)27-15-22(19-35-20-31(25-4-5-25)8-7-26(35)17-31)1-6-29(27)34-12-9-30(10-13-34)11-14-36-21-30/h1-6,15-16,25-26H,7-14,17,19-21H2/t26-,31-/m0/s1. The Labute approximate surface area is 213 Å². The van der Waals surface area contributed by atoms with Crippen LogP contribution < -0.4 is 4.90 Å². The molecule has 1 spiro atoms. The third kappa shape index (κ3) is 3.78. The fraction of sp³-hybridized carbons (Fsp3) is 0.516. The van der Waals surface area contributed by atoms with E-state index in [1.54, 1.807) is 12.1 Å². The highest BCUT2D eigenvalue weighted by Crippen LogP contribution is 2.56. The number of nitrogens with zero attached hydrogens (tertiary/aromatic N) is 3. The van der Waals surface area contributed by atoms with Crippen LogP contribution in [0.5, 0.6) is 0 Å². The molecular formula is C31H34FN3O. The quantitative estimate of drug-likeness (QED) is 0.496. The lowest BCUT2D eigenvalue weighted by Crippen LogP contribution is -2.40. The molecule has 2 atom stereocenters. The Morgan fingerprint density at radius 2 is 1.92 bits per heavy atom. The van der Waals surface area contributed by atoms with Crippen molar-refractivity contribution in [2.45, 2.75) is 51.1 Å². The Morgan fingerprint density at radius 1 is 1.06 bits per heavy atom. The van der Waals surface area contributed by atoms with Gasteiger partial charge in [0.15, 0.2) is 0 Å². The van der Waals surface area contributed by atoms with Crippen molar-refractivity contribution in [3.63, 3.8) is 0 Å². The van der Waals surface area contributed by atoms with Crippen molar-refractivity contribution in [2.24, 2.45) is 16.7 Å². The van der Waals surface area contributed by atoms with Gasteiger partial charge in [0, 0.05) is 56.0 Å². The highest BCUT2D eigenvalue weighted by molar-refractivity contribution is 5.80. The summed E-state index contributed by atoms with van der Waals surface area (Å²) < 4.78 is 20.4. The van der Waals surface area contributed by atoms with Gasteiger partial charge in [-0.1, -0.05) is 24.3 Å². The van der Waals surface area contributed by atoms with Gasteiger partial charge in [-0.3, -0.25) is 4.90 Å². The molecule has 0 radical (unpaired) electrons. The predicted molar refractivity (Wildman–Crippen MR) is 139 cm³/mol. The third-order valence-corrected chi connectivity index (χ3v) is 9.94. The molecule has 3 heterocycles. The fourth-order valence-electron chi connectivity index (χ4n) is 7.64. The molecule has 3 aliphatic heterocycles. The number of nitriles is 1. The second-order valence-corrected chi connectivity index (χ2v) is 12.0. The predicted octanol–water partition coefficient (Wildman–Crippen LogP) is 5.91. The summed E-state index contributed by atoms with van der Waals surface area (Å²) in [6, 6.07) is 14.6. The zero-order valence-corrected chi connectivity index (χ0v) is 20.9. The molecule has 36 heavy (non-hydrogen) atoms. The van der Waals surface area contributed by atoms with Crippen molar-refractivity contribution < 1.29 is 9.13 Å². The van der Waals surface area contributed by atoms with Crippen molar-refractivity contribution in [1.82, 2.24) is 4.90 Å². The minimum Gasteiger partial charge on any atom is -0.381 e. The molecule has 0 unspecified atom stereocenters. The lowest BCUT2D eigenvalue weighted by Gasteiger charge is -2.40. The van der Waals surface area contributed by atoms with Crippen molar-refractivity contribution in [3.05, 3.63) is 65.5 Å². The molecule has 2 aliphatic carbocycles. The summed E-state index contributed by atoms with van der Waals surface area (Å²) in [5.41, 5.74) is 5.34. The first-order valence-corrected chi connectivity index (χ1v) is 13.6. The Hall–Kier alpha value is -2.68. The van der Waals surface area contributed by atoms with Crippen LogP contribution in [0.3, 0.4) is 0 Å². The maximum absolute atomic E-state index is 14.7. The molecule has 2 bridgehead atoms. The highest BCUT2D eigenvalue weighted by Gasteiger charge is 2.54. The summed E-state index contributed by atoms with van der Waals surface area (Å²) in [5, 5.41) is 9.24. The van der Waals surface area contributed by atoms with Gasteiger partial charge in [0.1, 0.15) is 11.9 Å². The van der Waals surface area contributed by atoms with Gasteiger partial charge in [-0.25, -0.2) is 4.39 Å². The second kappa shape index (κ2) is 8.43. The number of likely N-dealkylation sites (tertiary alicyclic amines) is 1. The number of allylic oxidation sites excluding steroid dienone is 2. The van der Waals surface area contributed by atoms with Crippen molar-refractivity contribution in [3.8, 4) is 17.2 Å². The average Bonchev–Trinajstić information content (AvgIpc) is 3.40. The summed E-state index contributed by atoms with van der Waals surface area (Å²) in [5.74, 6) is 0.280. The van der Waals surface area contributed by atoms with Gasteiger partial charge >= 0.3 is 0 Å². The van der Waals surface area contributed by atoms with Crippen LogP contribution >= 0.6 is 0 Å². The largest absolute Gasteiger partial charge is 0.381 e. The summed E-state index contributed by atoms with van der Waals surface area (Å²) in [4.78, 5) is 5.16. The summed E-state index contributed by atoms with van der Waals surface area (Å²) in [6.45, 7) is 5.92. The number of rotatable bonds is 5. The molecule has 7 rings (SSSR count). The van der Waals surface area contributed by atoms with E-state index < -0.39 is 5.82 Å². The Balaban J connectivity index is 1.18. The average molecular weight is 484 g/mol. The molecule has 1 saturated carbocycles. The molecule has 0 amide bonds. The van der Waals surface area contributed by atoms with E-state index in [0.717, 1.165) is 62.7 Å². The minimum atomic E-state index is -0.442. The van der Waals surface area contributed by atoms with E-state index >= 15 is 0 Å². The lowest BCUT2D eigenvalue weighted by atomic mass is 9.78. The first-order valence-electron chi connectivity index (χ1n) is 13.6. The number of halogens is 1. The van der Waals surface area contributed by atoms with Crippen molar-refractivity contribution in [2.75, 3.05) is 37.7 Å². The molecule has 4 nitrogen and oxygen atoms in total. The maximum atomic E-state index is 14.7. The van der Waals surface area contributed by atoms with Gasteiger partial charge in [0.25, 0.3) is 0 Å². The number of piperidine rings is 2. The molecule has 0 N–H and O–H groups in total. The monoisotopic (exact) mass is 483 g/mol. The molecule has 0 aromatic heterocycles.